The Morgan fingerprint density at radius 1 is 1.25 bits per heavy atom. The first kappa shape index (κ1) is 20.9. The predicted molar refractivity (Wildman–Crippen MR) is 122 cm³/mol. The summed E-state index contributed by atoms with van der Waals surface area (Å²) in [6, 6.07) is 8.94. The van der Waals surface area contributed by atoms with Gasteiger partial charge < -0.3 is 10.1 Å². The fourth-order valence-corrected chi connectivity index (χ4v) is 6.06. The molecule has 2 aromatic heterocycles. The molecule has 32 heavy (non-hydrogen) atoms. The first-order valence-corrected chi connectivity index (χ1v) is 12.8. The lowest BCUT2D eigenvalue weighted by molar-refractivity contribution is 0.102. The van der Waals surface area contributed by atoms with Crippen molar-refractivity contribution in [3.05, 3.63) is 47.3 Å². The SMILES string of the molecule is CCOc1ccccc1NC(=O)c1cc(C2CC2)nc2c1c(C)nn2[C@H]1CCS(=O)(=O)C1. The maximum atomic E-state index is 13.4. The van der Waals surface area contributed by atoms with Crippen molar-refractivity contribution < 1.29 is 17.9 Å². The van der Waals surface area contributed by atoms with Gasteiger partial charge in [-0.05, 0) is 51.3 Å². The smallest absolute Gasteiger partial charge is 0.256 e. The topological polar surface area (TPSA) is 103 Å². The zero-order valence-corrected chi connectivity index (χ0v) is 19.0. The lowest BCUT2D eigenvalue weighted by atomic mass is 10.1. The van der Waals surface area contributed by atoms with Gasteiger partial charge in [0.25, 0.3) is 5.91 Å². The largest absolute Gasteiger partial charge is 0.492 e. The van der Waals surface area contributed by atoms with Crippen LogP contribution in [0, 0.1) is 6.92 Å². The average molecular weight is 455 g/mol. The lowest BCUT2D eigenvalue weighted by Gasteiger charge is -2.13. The second kappa shape index (κ2) is 7.88. The van der Waals surface area contributed by atoms with Crippen molar-refractivity contribution in [1.82, 2.24) is 14.8 Å². The van der Waals surface area contributed by atoms with Crippen LogP contribution >= 0.6 is 0 Å². The van der Waals surface area contributed by atoms with E-state index < -0.39 is 9.84 Å². The molecule has 1 atom stereocenters. The van der Waals surface area contributed by atoms with E-state index in [4.69, 9.17) is 9.72 Å². The number of amides is 1. The molecule has 1 aromatic carbocycles. The summed E-state index contributed by atoms with van der Waals surface area (Å²) in [6.45, 7) is 4.23. The number of benzene rings is 1. The number of sulfone groups is 1. The van der Waals surface area contributed by atoms with Gasteiger partial charge in [0.15, 0.2) is 15.5 Å². The van der Waals surface area contributed by atoms with Crippen molar-refractivity contribution in [2.24, 2.45) is 0 Å². The number of ether oxygens (including phenoxy) is 1. The molecule has 5 rings (SSSR count). The predicted octanol–water partition coefficient (Wildman–Crippen LogP) is 3.63. The number of rotatable bonds is 6. The van der Waals surface area contributed by atoms with E-state index in [1.807, 2.05) is 44.2 Å². The lowest BCUT2D eigenvalue weighted by Crippen LogP contribution is -2.16. The second-order valence-corrected chi connectivity index (χ2v) is 10.8. The molecule has 1 aliphatic heterocycles. The van der Waals surface area contributed by atoms with Crippen molar-refractivity contribution in [2.75, 3.05) is 23.4 Å². The van der Waals surface area contributed by atoms with Crippen LogP contribution in [0.5, 0.6) is 5.75 Å². The minimum atomic E-state index is -3.08. The Balaban J connectivity index is 1.59. The monoisotopic (exact) mass is 454 g/mol. The molecule has 3 aromatic rings. The summed E-state index contributed by atoms with van der Waals surface area (Å²) in [7, 11) is -3.08. The quantitative estimate of drug-likeness (QED) is 0.610. The van der Waals surface area contributed by atoms with Gasteiger partial charge in [-0.1, -0.05) is 12.1 Å². The number of aryl methyl sites for hydroxylation is 1. The Hall–Kier alpha value is -2.94. The number of anilines is 1. The third-order valence-corrected chi connectivity index (χ3v) is 7.84. The molecule has 0 unspecified atom stereocenters. The number of carbonyl (C=O) groups excluding carboxylic acids is 1. The van der Waals surface area contributed by atoms with E-state index in [1.165, 1.54) is 0 Å². The number of para-hydroxylation sites is 2. The van der Waals surface area contributed by atoms with Gasteiger partial charge in [-0.2, -0.15) is 5.10 Å². The van der Waals surface area contributed by atoms with Gasteiger partial charge in [0.2, 0.25) is 0 Å². The maximum Gasteiger partial charge on any atom is 0.256 e. The van der Waals surface area contributed by atoms with Crippen LogP contribution in [0.25, 0.3) is 11.0 Å². The molecule has 3 heterocycles. The highest BCUT2D eigenvalue weighted by Crippen LogP contribution is 2.41. The van der Waals surface area contributed by atoms with Gasteiger partial charge in [0, 0.05) is 11.6 Å². The molecule has 1 aliphatic carbocycles. The summed E-state index contributed by atoms with van der Waals surface area (Å²) in [6.07, 6.45) is 2.59. The number of nitrogens with zero attached hydrogens (tertiary/aromatic N) is 3. The third-order valence-electron chi connectivity index (χ3n) is 6.09. The van der Waals surface area contributed by atoms with E-state index >= 15 is 0 Å². The summed E-state index contributed by atoms with van der Waals surface area (Å²) in [5, 5.41) is 8.30. The molecule has 1 amide bonds. The molecular weight excluding hydrogens is 428 g/mol. The Bertz CT molecular complexity index is 1310. The normalized spacial score (nSPS) is 19.9. The standard InChI is InChI=1S/C23H26N4O4S/c1-3-31-20-7-5-4-6-18(20)25-23(28)17-12-19(15-8-9-15)24-22-21(17)14(2)26-27(22)16-10-11-32(29,30)13-16/h4-7,12,15-16H,3,8-11,13H2,1-2H3,(H,25,28)/t16-/m0/s1. The average Bonchev–Trinajstić information content (AvgIpc) is 3.48. The Morgan fingerprint density at radius 3 is 2.72 bits per heavy atom. The van der Waals surface area contributed by atoms with Crippen molar-refractivity contribution >= 4 is 32.5 Å². The van der Waals surface area contributed by atoms with Crippen LogP contribution in [0.2, 0.25) is 0 Å². The van der Waals surface area contributed by atoms with Crippen molar-refractivity contribution in [2.45, 2.75) is 45.1 Å². The van der Waals surface area contributed by atoms with Crippen molar-refractivity contribution in [3.8, 4) is 5.75 Å². The van der Waals surface area contributed by atoms with Crippen molar-refractivity contribution in [3.63, 3.8) is 0 Å². The molecular formula is C23H26N4O4S. The van der Waals surface area contributed by atoms with E-state index in [-0.39, 0.29) is 23.5 Å². The van der Waals surface area contributed by atoms with Gasteiger partial charge in [-0.15, -0.1) is 0 Å². The molecule has 0 radical (unpaired) electrons. The summed E-state index contributed by atoms with van der Waals surface area (Å²) >= 11 is 0. The first-order chi connectivity index (χ1) is 15.4. The van der Waals surface area contributed by atoms with Crippen LogP contribution in [0.1, 0.15) is 59.9 Å². The van der Waals surface area contributed by atoms with E-state index in [0.29, 0.717) is 52.7 Å². The van der Waals surface area contributed by atoms with Crippen molar-refractivity contribution in [1.29, 1.82) is 0 Å². The highest BCUT2D eigenvalue weighted by atomic mass is 32.2. The number of hydrogen-bond donors (Lipinski definition) is 1. The molecule has 1 N–H and O–H groups in total. The fourth-order valence-electron chi connectivity index (χ4n) is 4.36. The van der Waals surface area contributed by atoms with E-state index in [2.05, 4.69) is 10.4 Å². The van der Waals surface area contributed by atoms with Gasteiger partial charge >= 0.3 is 0 Å². The maximum absolute atomic E-state index is 13.4. The molecule has 168 valence electrons. The number of fused-ring (bicyclic) bond motifs is 1. The summed E-state index contributed by atoms with van der Waals surface area (Å²) < 4.78 is 31.5. The highest BCUT2D eigenvalue weighted by Gasteiger charge is 2.34. The Labute approximate surface area is 186 Å². The number of hydrogen-bond acceptors (Lipinski definition) is 6. The number of nitrogens with one attached hydrogen (secondary N) is 1. The molecule has 2 fully saturated rings. The molecule has 9 heteroatoms. The summed E-state index contributed by atoms with van der Waals surface area (Å²) in [5.74, 6) is 0.898. The molecule has 1 saturated heterocycles. The van der Waals surface area contributed by atoms with E-state index in [1.54, 1.807) is 4.68 Å². The van der Waals surface area contributed by atoms with Crippen LogP contribution in [0.15, 0.2) is 30.3 Å². The summed E-state index contributed by atoms with van der Waals surface area (Å²) in [4.78, 5) is 18.3. The Kier molecular flexibility index (Phi) is 5.16. The van der Waals surface area contributed by atoms with Gasteiger partial charge in [-0.3, -0.25) is 4.79 Å². The van der Waals surface area contributed by atoms with Gasteiger partial charge in [-0.25, -0.2) is 18.1 Å². The molecule has 0 spiro atoms. The first-order valence-electron chi connectivity index (χ1n) is 11.0. The van der Waals surface area contributed by atoms with Gasteiger partial charge in [0.05, 0.1) is 46.5 Å². The van der Waals surface area contributed by atoms with Crippen LogP contribution in [-0.4, -0.2) is 47.2 Å². The number of carbonyl (C=O) groups is 1. The molecule has 8 nitrogen and oxygen atoms in total. The zero-order chi connectivity index (χ0) is 22.5. The highest BCUT2D eigenvalue weighted by molar-refractivity contribution is 7.91. The van der Waals surface area contributed by atoms with Gasteiger partial charge in [0.1, 0.15) is 5.75 Å². The zero-order valence-electron chi connectivity index (χ0n) is 18.2. The molecule has 2 aliphatic rings. The molecule has 0 bridgehead atoms. The van der Waals surface area contributed by atoms with Crippen LogP contribution < -0.4 is 10.1 Å². The molecule has 1 saturated carbocycles. The second-order valence-electron chi connectivity index (χ2n) is 8.54. The van der Waals surface area contributed by atoms with E-state index in [0.717, 1.165) is 18.5 Å². The fraction of sp³-hybridized carbons (Fsp3) is 0.435. The number of pyridine rings is 1. The summed E-state index contributed by atoms with van der Waals surface area (Å²) in [5.41, 5.74) is 3.24. The minimum Gasteiger partial charge on any atom is -0.492 e. The Morgan fingerprint density at radius 2 is 2.03 bits per heavy atom. The number of aromatic nitrogens is 3. The van der Waals surface area contributed by atoms with Crippen LogP contribution in [-0.2, 0) is 9.84 Å². The van der Waals surface area contributed by atoms with Crippen LogP contribution in [0.3, 0.4) is 0 Å². The van der Waals surface area contributed by atoms with Crippen LogP contribution in [0.4, 0.5) is 5.69 Å². The third kappa shape index (κ3) is 3.85. The minimum absolute atomic E-state index is 0.0574. The van der Waals surface area contributed by atoms with E-state index in [9.17, 15) is 13.2 Å².